The van der Waals surface area contributed by atoms with Gasteiger partial charge in [0.05, 0.1) is 5.02 Å². The van der Waals surface area contributed by atoms with E-state index in [0.29, 0.717) is 23.2 Å². The summed E-state index contributed by atoms with van der Waals surface area (Å²) in [6.45, 7) is 7.20. The quantitative estimate of drug-likeness (QED) is 0.809. The van der Waals surface area contributed by atoms with Gasteiger partial charge in [-0.15, -0.1) is 0 Å². The molecule has 106 valence electrons. The topological polar surface area (TPSA) is 58.6 Å². The van der Waals surface area contributed by atoms with E-state index >= 15 is 0 Å². The molecule has 1 aromatic rings. The molecule has 1 atom stereocenters. The van der Waals surface area contributed by atoms with Crippen LogP contribution in [0.15, 0.2) is 18.2 Å². The van der Waals surface area contributed by atoms with Gasteiger partial charge in [-0.3, -0.25) is 0 Å². The van der Waals surface area contributed by atoms with Crippen LogP contribution in [0.25, 0.3) is 0 Å². The number of para-hydroxylation sites is 1. The lowest BCUT2D eigenvalue weighted by atomic mass is 10.1. The third kappa shape index (κ3) is 5.09. The molecule has 0 heterocycles. The largest absolute Gasteiger partial charge is 0.479 e. The Morgan fingerprint density at radius 3 is 2.68 bits per heavy atom. The van der Waals surface area contributed by atoms with Gasteiger partial charge in [0.25, 0.3) is 0 Å². The van der Waals surface area contributed by atoms with Gasteiger partial charge >= 0.3 is 5.97 Å². The molecule has 0 bridgehead atoms. The van der Waals surface area contributed by atoms with E-state index in [1.54, 1.807) is 6.07 Å². The minimum absolute atomic E-state index is 0.428. The van der Waals surface area contributed by atoms with Crippen molar-refractivity contribution in [2.45, 2.75) is 33.4 Å². The number of nitrogens with one attached hydrogen (secondary N) is 1. The predicted octanol–water partition coefficient (Wildman–Crippen LogP) is 2.94. The van der Waals surface area contributed by atoms with Gasteiger partial charge in [-0.05, 0) is 25.5 Å². The SMILES string of the molecule is CC(C)CNCc1cccc(Cl)c1OC(C)C(=O)O. The molecule has 0 aliphatic rings. The Balaban J connectivity index is 2.80. The molecule has 1 unspecified atom stereocenters. The van der Waals surface area contributed by atoms with E-state index < -0.39 is 12.1 Å². The first-order chi connectivity index (χ1) is 8.91. The van der Waals surface area contributed by atoms with Gasteiger partial charge in [0.2, 0.25) is 0 Å². The van der Waals surface area contributed by atoms with E-state index in [1.165, 1.54) is 6.92 Å². The van der Waals surface area contributed by atoms with Crippen molar-refractivity contribution >= 4 is 17.6 Å². The second-order valence-corrected chi connectivity index (χ2v) is 5.26. The number of hydrogen-bond acceptors (Lipinski definition) is 3. The van der Waals surface area contributed by atoms with Crippen molar-refractivity contribution in [3.8, 4) is 5.75 Å². The molecule has 0 amide bonds. The summed E-state index contributed by atoms with van der Waals surface area (Å²) in [6, 6.07) is 5.40. The maximum absolute atomic E-state index is 10.8. The molecule has 0 aromatic heterocycles. The van der Waals surface area contributed by atoms with Gasteiger partial charge in [0, 0.05) is 12.1 Å². The van der Waals surface area contributed by atoms with Crippen molar-refractivity contribution < 1.29 is 14.6 Å². The van der Waals surface area contributed by atoms with E-state index in [4.69, 9.17) is 21.4 Å². The van der Waals surface area contributed by atoms with Gasteiger partial charge in [-0.2, -0.15) is 0 Å². The van der Waals surface area contributed by atoms with Crippen LogP contribution in [0, 0.1) is 5.92 Å². The van der Waals surface area contributed by atoms with E-state index in [0.717, 1.165) is 12.1 Å². The Bertz CT molecular complexity index is 435. The fraction of sp³-hybridized carbons (Fsp3) is 0.500. The molecule has 1 rings (SSSR count). The van der Waals surface area contributed by atoms with Crippen LogP contribution in [-0.4, -0.2) is 23.7 Å². The Labute approximate surface area is 118 Å². The highest BCUT2D eigenvalue weighted by Crippen LogP contribution is 2.29. The van der Waals surface area contributed by atoms with Crippen molar-refractivity contribution in [2.24, 2.45) is 5.92 Å². The first-order valence-corrected chi connectivity index (χ1v) is 6.67. The van der Waals surface area contributed by atoms with Crippen LogP contribution < -0.4 is 10.1 Å². The number of carbonyl (C=O) groups is 1. The van der Waals surface area contributed by atoms with Gasteiger partial charge in [-0.1, -0.05) is 37.6 Å². The molecule has 0 spiro atoms. The number of benzene rings is 1. The predicted molar refractivity (Wildman–Crippen MR) is 75.7 cm³/mol. The second kappa shape index (κ2) is 7.36. The summed E-state index contributed by atoms with van der Waals surface area (Å²) in [5.41, 5.74) is 0.862. The first kappa shape index (κ1) is 15.8. The van der Waals surface area contributed by atoms with Crippen molar-refractivity contribution in [3.63, 3.8) is 0 Å². The number of carboxylic acid groups (broad SMARTS) is 1. The number of aliphatic carboxylic acids is 1. The van der Waals surface area contributed by atoms with Gasteiger partial charge in [0.15, 0.2) is 6.10 Å². The zero-order chi connectivity index (χ0) is 14.4. The number of hydrogen-bond donors (Lipinski definition) is 2. The highest BCUT2D eigenvalue weighted by Gasteiger charge is 2.17. The molecule has 0 aliphatic carbocycles. The highest BCUT2D eigenvalue weighted by atomic mass is 35.5. The van der Waals surface area contributed by atoms with Crippen LogP contribution in [0.4, 0.5) is 0 Å². The van der Waals surface area contributed by atoms with E-state index in [2.05, 4.69) is 19.2 Å². The molecule has 1 aromatic carbocycles. The molecule has 0 radical (unpaired) electrons. The second-order valence-electron chi connectivity index (χ2n) is 4.85. The summed E-state index contributed by atoms with van der Waals surface area (Å²) in [7, 11) is 0. The summed E-state index contributed by atoms with van der Waals surface area (Å²) >= 11 is 6.07. The number of carboxylic acids is 1. The molecule has 19 heavy (non-hydrogen) atoms. The Hall–Kier alpha value is -1.26. The first-order valence-electron chi connectivity index (χ1n) is 6.29. The smallest absolute Gasteiger partial charge is 0.344 e. The van der Waals surface area contributed by atoms with Crippen molar-refractivity contribution in [1.29, 1.82) is 0 Å². The van der Waals surface area contributed by atoms with Crippen LogP contribution in [0.3, 0.4) is 0 Å². The minimum atomic E-state index is -1.01. The number of ether oxygens (including phenoxy) is 1. The lowest BCUT2D eigenvalue weighted by molar-refractivity contribution is -0.144. The maximum atomic E-state index is 10.8. The monoisotopic (exact) mass is 285 g/mol. The fourth-order valence-electron chi connectivity index (χ4n) is 1.55. The van der Waals surface area contributed by atoms with E-state index in [1.807, 2.05) is 12.1 Å². The maximum Gasteiger partial charge on any atom is 0.344 e. The molecule has 0 aliphatic heterocycles. The van der Waals surface area contributed by atoms with Gasteiger partial charge in [0.1, 0.15) is 5.75 Å². The van der Waals surface area contributed by atoms with E-state index in [-0.39, 0.29) is 0 Å². The third-order valence-electron chi connectivity index (χ3n) is 2.56. The zero-order valence-electron chi connectivity index (χ0n) is 11.4. The summed E-state index contributed by atoms with van der Waals surface area (Å²) < 4.78 is 5.42. The van der Waals surface area contributed by atoms with Gasteiger partial charge in [-0.25, -0.2) is 4.79 Å². The van der Waals surface area contributed by atoms with Crippen LogP contribution in [0.2, 0.25) is 5.02 Å². The average molecular weight is 286 g/mol. The zero-order valence-corrected chi connectivity index (χ0v) is 12.2. The minimum Gasteiger partial charge on any atom is -0.479 e. The lowest BCUT2D eigenvalue weighted by Crippen LogP contribution is -2.25. The van der Waals surface area contributed by atoms with E-state index in [9.17, 15) is 4.79 Å². The van der Waals surface area contributed by atoms with Crippen LogP contribution in [0.1, 0.15) is 26.3 Å². The lowest BCUT2D eigenvalue weighted by Gasteiger charge is -2.16. The van der Waals surface area contributed by atoms with Crippen LogP contribution in [-0.2, 0) is 11.3 Å². The third-order valence-corrected chi connectivity index (χ3v) is 2.86. The normalized spacial score (nSPS) is 12.5. The molecule has 0 saturated carbocycles. The molecular formula is C14H20ClNO3. The van der Waals surface area contributed by atoms with Crippen LogP contribution >= 0.6 is 11.6 Å². The molecule has 0 saturated heterocycles. The summed E-state index contributed by atoms with van der Waals surface area (Å²) in [6.07, 6.45) is -0.927. The van der Waals surface area contributed by atoms with Crippen LogP contribution in [0.5, 0.6) is 5.75 Å². The van der Waals surface area contributed by atoms with Gasteiger partial charge < -0.3 is 15.2 Å². The fourth-order valence-corrected chi connectivity index (χ4v) is 1.79. The molecule has 5 heteroatoms. The molecule has 0 fully saturated rings. The standard InChI is InChI=1S/C14H20ClNO3/c1-9(2)7-16-8-11-5-4-6-12(15)13(11)19-10(3)14(17)18/h4-6,9-10,16H,7-8H2,1-3H3,(H,17,18). The Kier molecular flexibility index (Phi) is 6.12. The summed E-state index contributed by atoms with van der Waals surface area (Å²) in [4.78, 5) is 10.8. The Morgan fingerprint density at radius 1 is 1.42 bits per heavy atom. The average Bonchev–Trinajstić information content (AvgIpc) is 2.32. The molecule has 4 nitrogen and oxygen atoms in total. The number of rotatable bonds is 7. The molecule has 2 N–H and O–H groups in total. The molecular weight excluding hydrogens is 266 g/mol. The summed E-state index contributed by atoms with van der Waals surface area (Å²) in [5.74, 6) is -0.0298. The van der Waals surface area contributed by atoms with Crippen molar-refractivity contribution in [1.82, 2.24) is 5.32 Å². The van der Waals surface area contributed by atoms with Crippen molar-refractivity contribution in [2.75, 3.05) is 6.54 Å². The summed E-state index contributed by atoms with van der Waals surface area (Å²) in [5, 5.41) is 12.6. The highest BCUT2D eigenvalue weighted by molar-refractivity contribution is 6.32. The Morgan fingerprint density at radius 2 is 2.11 bits per heavy atom. The van der Waals surface area contributed by atoms with Crippen molar-refractivity contribution in [3.05, 3.63) is 28.8 Å². The number of halogens is 1.